The van der Waals surface area contributed by atoms with E-state index in [-0.39, 0.29) is 11.5 Å². The maximum Gasteiger partial charge on any atom is 0.266 e. The lowest BCUT2D eigenvalue weighted by Gasteiger charge is -2.18. The Labute approximate surface area is 228 Å². The Kier molecular flexibility index (Phi) is 7.58. The fraction of sp³-hybridized carbons (Fsp3) is 0.100. The van der Waals surface area contributed by atoms with E-state index in [1.807, 2.05) is 48.5 Å². The van der Waals surface area contributed by atoms with E-state index in [1.165, 1.54) is 28.5 Å². The molecule has 0 N–H and O–H groups in total. The molecule has 0 bridgehead atoms. The SMILES string of the molecule is CN(Cc1ccccc1)C(=O)c1ccc2c(=O)n(-c3cccc(F)c3)c(SCc3cccc(Cl)c3)nc2c1. The first-order valence-corrected chi connectivity index (χ1v) is 13.2. The van der Waals surface area contributed by atoms with Crippen molar-refractivity contribution in [3.8, 4) is 5.69 Å². The Bertz CT molecular complexity index is 1690. The molecule has 0 saturated carbocycles. The van der Waals surface area contributed by atoms with Gasteiger partial charge in [0.2, 0.25) is 0 Å². The molecule has 0 radical (unpaired) electrons. The molecule has 1 heterocycles. The molecule has 1 aromatic heterocycles. The zero-order valence-electron chi connectivity index (χ0n) is 20.5. The summed E-state index contributed by atoms with van der Waals surface area (Å²) in [7, 11) is 1.74. The summed E-state index contributed by atoms with van der Waals surface area (Å²) in [6.07, 6.45) is 0. The maximum absolute atomic E-state index is 14.1. The lowest BCUT2D eigenvalue weighted by molar-refractivity contribution is 0.0785. The van der Waals surface area contributed by atoms with Gasteiger partial charge in [0.1, 0.15) is 5.82 Å². The average molecular weight is 544 g/mol. The van der Waals surface area contributed by atoms with Gasteiger partial charge < -0.3 is 4.90 Å². The molecule has 0 saturated heterocycles. The van der Waals surface area contributed by atoms with Gasteiger partial charge in [-0.25, -0.2) is 9.37 Å². The van der Waals surface area contributed by atoms with Crippen LogP contribution in [0.4, 0.5) is 4.39 Å². The standard InChI is InChI=1S/C30H23ClFN3O2S/c1-34(18-20-7-3-2-4-8-20)28(36)22-13-14-26-27(16-22)33-30(38-19-21-9-5-10-23(31)15-21)35(29(26)37)25-12-6-11-24(32)17-25/h2-17H,18-19H2,1H3. The van der Waals surface area contributed by atoms with Gasteiger partial charge in [0.25, 0.3) is 11.5 Å². The second-order valence-corrected chi connectivity index (χ2v) is 10.2. The highest BCUT2D eigenvalue weighted by atomic mass is 35.5. The van der Waals surface area contributed by atoms with Gasteiger partial charge in [0.05, 0.1) is 16.6 Å². The second-order valence-electron chi connectivity index (χ2n) is 8.81. The summed E-state index contributed by atoms with van der Waals surface area (Å²) >= 11 is 7.48. The summed E-state index contributed by atoms with van der Waals surface area (Å²) in [6.45, 7) is 0.451. The Balaban J connectivity index is 1.55. The first kappa shape index (κ1) is 25.7. The van der Waals surface area contributed by atoms with Crippen LogP contribution >= 0.6 is 23.4 Å². The molecular formula is C30H23ClFN3O2S. The Morgan fingerprint density at radius 2 is 1.71 bits per heavy atom. The number of rotatable bonds is 7. The highest BCUT2D eigenvalue weighted by molar-refractivity contribution is 7.98. The molecule has 5 aromatic rings. The first-order valence-electron chi connectivity index (χ1n) is 11.9. The van der Waals surface area contributed by atoms with Gasteiger partial charge in [-0.1, -0.05) is 71.9 Å². The molecule has 38 heavy (non-hydrogen) atoms. The van der Waals surface area contributed by atoms with Crippen LogP contribution in [-0.2, 0) is 12.3 Å². The minimum absolute atomic E-state index is 0.181. The number of amides is 1. The number of carbonyl (C=O) groups excluding carboxylic acids is 1. The van der Waals surface area contributed by atoms with Gasteiger partial charge in [-0.2, -0.15) is 0 Å². The summed E-state index contributed by atoms with van der Waals surface area (Å²) in [5, 5.41) is 1.33. The Morgan fingerprint density at radius 1 is 0.947 bits per heavy atom. The highest BCUT2D eigenvalue weighted by Gasteiger charge is 2.18. The van der Waals surface area contributed by atoms with Crippen LogP contribution in [-0.4, -0.2) is 27.4 Å². The van der Waals surface area contributed by atoms with E-state index in [4.69, 9.17) is 16.6 Å². The quantitative estimate of drug-likeness (QED) is 0.168. The van der Waals surface area contributed by atoms with Gasteiger partial charge in [-0.15, -0.1) is 0 Å². The average Bonchev–Trinajstić information content (AvgIpc) is 2.92. The number of hydrogen-bond donors (Lipinski definition) is 0. The normalized spacial score (nSPS) is 11.0. The van der Waals surface area contributed by atoms with Crippen molar-refractivity contribution < 1.29 is 9.18 Å². The van der Waals surface area contributed by atoms with Crippen LogP contribution in [0, 0.1) is 5.82 Å². The van der Waals surface area contributed by atoms with Crippen molar-refractivity contribution in [1.29, 1.82) is 0 Å². The van der Waals surface area contributed by atoms with Crippen molar-refractivity contribution in [3.05, 3.63) is 135 Å². The number of thioether (sulfide) groups is 1. The van der Waals surface area contributed by atoms with Gasteiger partial charge in [0, 0.05) is 29.9 Å². The van der Waals surface area contributed by atoms with E-state index in [9.17, 15) is 14.0 Å². The predicted molar refractivity (Wildman–Crippen MR) is 151 cm³/mol. The molecule has 0 aliphatic heterocycles. The summed E-state index contributed by atoms with van der Waals surface area (Å²) in [5.41, 5.74) is 2.83. The molecule has 190 valence electrons. The van der Waals surface area contributed by atoms with Crippen molar-refractivity contribution in [2.45, 2.75) is 17.5 Å². The third-order valence-corrected chi connectivity index (χ3v) is 7.26. The molecule has 0 atom stereocenters. The highest BCUT2D eigenvalue weighted by Crippen LogP contribution is 2.26. The summed E-state index contributed by atoms with van der Waals surface area (Å²) in [6, 6.07) is 27.9. The molecule has 4 aromatic carbocycles. The van der Waals surface area contributed by atoms with E-state index in [2.05, 4.69) is 0 Å². The Hall–Kier alpha value is -3.94. The molecule has 8 heteroatoms. The van der Waals surface area contributed by atoms with Crippen molar-refractivity contribution in [2.75, 3.05) is 7.05 Å². The second kappa shape index (κ2) is 11.2. The van der Waals surface area contributed by atoms with Gasteiger partial charge in [-0.3, -0.25) is 14.2 Å². The van der Waals surface area contributed by atoms with Crippen LogP contribution in [0.5, 0.6) is 0 Å². The minimum Gasteiger partial charge on any atom is -0.337 e. The van der Waals surface area contributed by atoms with Gasteiger partial charge in [-0.05, 0) is 59.7 Å². The fourth-order valence-corrected chi connectivity index (χ4v) is 5.33. The van der Waals surface area contributed by atoms with E-state index in [0.717, 1.165) is 11.1 Å². The molecular weight excluding hydrogens is 521 g/mol. The van der Waals surface area contributed by atoms with Crippen LogP contribution in [0.2, 0.25) is 5.02 Å². The van der Waals surface area contributed by atoms with E-state index in [0.29, 0.717) is 44.6 Å². The zero-order chi connectivity index (χ0) is 26.6. The van der Waals surface area contributed by atoms with Crippen LogP contribution in [0.3, 0.4) is 0 Å². The lowest BCUT2D eigenvalue weighted by atomic mass is 10.1. The zero-order valence-corrected chi connectivity index (χ0v) is 22.0. The van der Waals surface area contributed by atoms with E-state index < -0.39 is 5.82 Å². The molecule has 0 spiro atoms. The van der Waals surface area contributed by atoms with Crippen molar-refractivity contribution in [3.63, 3.8) is 0 Å². The lowest BCUT2D eigenvalue weighted by Crippen LogP contribution is -2.26. The largest absolute Gasteiger partial charge is 0.337 e. The number of benzene rings is 4. The van der Waals surface area contributed by atoms with Crippen molar-refractivity contribution in [2.24, 2.45) is 0 Å². The van der Waals surface area contributed by atoms with E-state index >= 15 is 0 Å². The van der Waals surface area contributed by atoms with Crippen molar-refractivity contribution in [1.82, 2.24) is 14.5 Å². The summed E-state index contributed by atoms with van der Waals surface area (Å²) < 4.78 is 15.5. The molecule has 5 nitrogen and oxygen atoms in total. The topological polar surface area (TPSA) is 55.2 Å². The number of aromatic nitrogens is 2. The number of fused-ring (bicyclic) bond motifs is 1. The van der Waals surface area contributed by atoms with Crippen LogP contribution in [0.1, 0.15) is 21.5 Å². The molecule has 1 amide bonds. The van der Waals surface area contributed by atoms with E-state index in [1.54, 1.807) is 48.3 Å². The Morgan fingerprint density at radius 3 is 2.47 bits per heavy atom. The van der Waals surface area contributed by atoms with Crippen molar-refractivity contribution >= 4 is 40.2 Å². The summed E-state index contributed by atoms with van der Waals surface area (Å²) in [4.78, 5) is 33.2. The van der Waals surface area contributed by atoms with Crippen LogP contribution < -0.4 is 5.56 Å². The van der Waals surface area contributed by atoms with Crippen LogP contribution in [0.15, 0.2) is 107 Å². The summed E-state index contributed by atoms with van der Waals surface area (Å²) in [5.74, 6) is -0.144. The van der Waals surface area contributed by atoms with Gasteiger partial charge >= 0.3 is 0 Å². The smallest absolute Gasteiger partial charge is 0.266 e. The van der Waals surface area contributed by atoms with Crippen LogP contribution in [0.25, 0.3) is 16.6 Å². The number of nitrogens with zero attached hydrogens (tertiary/aromatic N) is 3. The number of hydrogen-bond acceptors (Lipinski definition) is 4. The molecule has 0 aliphatic rings. The number of carbonyl (C=O) groups is 1. The third-order valence-electron chi connectivity index (χ3n) is 6.02. The monoisotopic (exact) mass is 543 g/mol. The third kappa shape index (κ3) is 5.64. The molecule has 0 aliphatic carbocycles. The number of halogens is 2. The van der Waals surface area contributed by atoms with Gasteiger partial charge in [0.15, 0.2) is 5.16 Å². The predicted octanol–water partition coefficient (Wildman–Crippen LogP) is 6.74. The maximum atomic E-state index is 14.1. The molecule has 0 unspecified atom stereocenters. The molecule has 5 rings (SSSR count). The fourth-order valence-electron chi connectivity index (χ4n) is 4.16. The first-order chi connectivity index (χ1) is 18.4. The minimum atomic E-state index is -0.456. The molecule has 0 fully saturated rings.